The van der Waals surface area contributed by atoms with Crippen LogP contribution in [0.1, 0.15) is 0 Å². The maximum atomic E-state index is 10.6. The molecule has 2 atom stereocenters. The summed E-state index contributed by atoms with van der Waals surface area (Å²) < 4.78 is 0. The number of allylic oxidation sites excluding steroid dienone is 2. The van der Waals surface area contributed by atoms with Crippen LogP contribution in [0.4, 0.5) is 0 Å². The van der Waals surface area contributed by atoms with Gasteiger partial charge in [0, 0.05) is 0 Å². The van der Waals surface area contributed by atoms with E-state index in [0.717, 1.165) is 0 Å². The maximum absolute atomic E-state index is 10.6. The lowest BCUT2D eigenvalue weighted by molar-refractivity contribution is -0.138. The van der Waals surface area contributed by atoms with Crippen molar-refractivity contribution in [3.8, 4) is 0 Å². The molecule has 0 heterocycles. The van der Waals surface area contributed by atoms with Crippen LogP contribution in [0.3, 0.4) is 0 Å². The molecule has 4 N–H and O–H groups in total. The molecule has 1 aliphatic rings. The Hall–Kier alpha value is -1.13. The molecule has 0 saturated carbocycles. The third-order valence-electron chi connectivity index (χ3n) is 1.60. The first kappa shape index (κ1) is 7.97. The molecule has 0 fully saturated rings. The second kappa shape index (κ2) is 2.48. The molecule has 0 spiro atoms. The Morgan fingerprint density at radius 1 is 1.55 bits per heavy atom. The van der Waals surface area contributed by atoms with Crippen molar-refractivity contribution in [3.05, 3.63) is 24.3 Å². The summed E-state index contributed by atoms with van der Waals surface area (Å²) in [7, 11) is 0. The van der Waals surface area contributed by atoms with Crippen molar-refractivity contribution in [2.24, 2.45) is 5.73 Å². The minimum absolute atomic E-state index is 0.953. The fraction of sp³-hybridized carbons (Fsp3) is 0.286. The van der Waals surface area contributed by atoms with Gasteiger partial charge in [-0.15, -0.1) is 0 Å². The number of nitrogens with two attached hydrogens (primary N) is 1. The van der Waals surface area contributed by atoms with Gasteiger partial charge in [-0.05, 0) is 6.08 Å². The number of rotatable bonds is 1. The van der Waals surface area contributed by atoms with E-state index in [2.05, 4.69) is 0 Å². The zero-order valence-corrected chi connectivity index (χ0v) is 5.77. The molecule has 0 aromatic rings. The summed E-state index contributed by atoms with van der Waals surface area (Å²) in [6.45, 7) is 0. The number of amides is 1. The molecule has 0 aromatic carbocycles. The van der Waals surface area contributed by atoms with E-state index in [4.69, 9.17) is 10.8 Å². The van der Waals surface area contributed by atoms with Gasteiger partial charge < -0.3 is 15.9 Å². The van der Waals surface area contributed by atoms with Gasteiger partial charge in [0.2, 0.25) is 0 Å². The summed E-state index contributed by atoms with van der Waals surface area (Å²) in [6.07, 6.45) is 4.20. The predicted octanol–water partition coefficient (Wildman–Crippen LogP) is -1.31. The van der Waals surface area contributed by atoms with Crippen molar-refractivity contribution in [1.82, 2.24) is 0 Å². The lowest BCUT2D eigenvalue weighted by Gasteiger charge is -2.26. The van der Waals surface area contributed by atoms with Gasteiger partial charge in [0.05, 0.1) is 0 Å². The maximum Gasteiger partial charge on any atom is 0.256 e. The summed E-state index contributed by atoms with van der Waals surface area (Å²) in [6, 6.07) is 0. The van der Waals surface area contributed by atoms with E-state index in [-0.39, 0.29) is 0 Å². The summed E-state index contributed by atoms with van der Waals surface area (Å²) in [4.78, 5) is 10.6. The summed E-state index contributed by atoms with van der Waals surface area (Å²) in [5.74, 6) is -0.953. The fourth-order valence-corrected chi connectivity index (χ4v) is 0.845. The summed E-state index contributed by atoms with van der Waals surface area (Å²) in [5.41, 5.74) is 2.92. The molecule has 1 rings (SSSR count). The van der Waals surface area contributed by atoms with Crippen LogP contribution in [-0.2, 0) is 4.79 Å². The molecular formula is C7H9NO3. The van der Waals surface area contributed by atoms with E-state index in [9.17, 15) is 9.90 Å². The molecule has 2 unspecified atom stereocenters. The molecule has 0 bridgehead atoms. The first-order valence-electron chi connectivity index (χ1n) is 3.14. The van der Waals surface area contributed by atoms with Crippen LogP contribution >= 0.6 is 0 Å². The normalized spacial score (nSPS) is 35.6. The van der Waals surface area contributed by atoms with Gasteiger partial charge in [0.25, 0.3) is 5.91 Å². The van der Waals surface area contributed by atoms with Crippen LogP contribution < -0.4 is 5.73 Å². The van der Waals surface area contributed by atoms with Crippen molar-refractivity contribution < 1.29 is 15.0 Å². The Morgan fingerprint density at radius 2 is 2.18 bits per heavy atom. The van der Waals surface area contributed by atoms with Crippen molar-refractivity contribution >= 4 is 5.91 Å². The average molecular weight is 155 g/mol. The van der Waals surface area contributed by atoms with Gasteiger partial charge >= 0.3 is 0 Å². The van der Waals surface area contributed by atoms with Crippen molar-refractivity contribution in [1.29, 1.82) is 0 Å². The second-order valence-electron chi connectivity index (χ2n) is 2.38. The van der Waals surface area contributed by atoms with Gasteiger partial charge in [0.15, 0.2) is 5.60 Å². The molecule has 0 aromatic heterocycles. The highest BCUT2D eigenvalue weighted by Crippen LogP contribution is 2.17. The molecule has 1 amide bonds. The number of carbonyl (C=O) groups is 1. The number of hydrogen-bond donors (Lipinski definition) is 3. The topological polar surface area (TPSA) is 83.6 Å². The van der Waals surface area contributed by atoms with Gasteiger partial charge in [-0.25, -0.2) is 0 Å². The van der Waals surface area contributed by atoms with Crippen LogP contribution in [0, 0.1) is 0 Å². The number of primary amides is 1. The summed E-state index contributed by atoms with van der Waals surface area (Å²) >= 11 is 0. The smallest absolute Gasteiger partial charge is 0.256 e. The van der Waals surface area contributed by atoms with E-state index < -0.39 is 17.6 Å². The van der Waals surface area contributed by atoms with E-state index in [1.807, 2.05) is 0 Å². The van der Waals surface area contributed by atoms with Crippen LogP contribution in [0.25, 0.3) is 0 Å². The number of carbonyl (C=O) groups excluding carboxylic acids is 1. The van der Waals surface area contributed by atoms with Crippen molar-refractivity contribution in [2.45, 2.75) is 11.7 Å². The average Bonchev–Trinajstić information content (AvgIpc) is 1.95. The molecule has 60 valence electrons. The van der Waals surface area contributed by atoms with E-state index in [0.29, 0.717) is 0 Å². The van der Waals surface area contributed by atoms with E-state index in [1.165, 1.54) is 24.3 Å². The monoisotopic (exact) mass is 155 g/mol. The standard InChI is InChI=1S/C7H9NO3/c8-6(10)7(11)4-2-1-3-5(7)9/h1-5,9,11H,(H2,8,10). The Morgan fingerprint density at radius 3 is 2.55 bits per heavy atom. The molecule has 4 heteroatoms. The van der Waals surface area contributed by atoms with Gasteiger partial charge in [0.1, 0.15) is 6.10 Å². The van der Waals surface area contributed by atoms with Gasteiger partial charge in [-0.2, -0.15) is 0 Å². The highest BCUT2D eigenvalue weighted by molar-refractivity contribution is 5.87. The van der Waals surface area contributed by atoms with Gasteiger partial charge in [-0.3, -0.25) is 4.79 Å². The molecule has 4 nitrogen and oxygen atoms in total. The SMILES string of the molecule is NC(=O)C1(O)C=CC=CC1O. The largest absolute Gasteiger partial charge is 0.385 e. The highest BCUT2D eigenvalue weighted by atomic mass is 16.3. The third kappa shape index (κ3) is 1.18. The lowest BCUT2D eigenvalue weighted by atomic mass is 9.92. The molecular weight excluding hydrogens is 146 g/mol. The minimum atomic E-state index is -1.94. The number of aliphatic hydroxyl groups is 2. The highest BCUT2D eigenvalue weighted by Gasteiger charge is 2.38. The van der Waals surface area contributed by atoms with E-state index >= 15 is 0 Å². The second-order valence-corrected chi connectivity index (χ2v) is 2.38. The van der Waals surface area contributed by atoms with Crippen molar-refractivity contribution in [3.63, 3.8) is 0 Å². The Labute approximate surface area is 63.6 Å². The molecule has 1 aliphatic carbocycles. The molecule has 0 aliphatic heterocycles. The molecule has 0 radical (unpaired) electrons. The van der Waals surface area contributed by atoms with Gasteiger partial charge in [-0.1, -0.05) is 18.2 Å². The first-order chi connectivity index (χ1) is 5.07. The lowest BCUT2D eigenvalue weighted by Crippen LogP contribution is -2.51. The van der Waals surface area contributed by atoms with Crippen LogP contribution in [0.15, 0.2) is 24.3 Å². The Balaban J connectivity index is 2.94. The van der Waals surface area contributed by atoms with E-state index in [1.54, 1.807) is 0 Å². The van der Waals surface area contributed by atoms with Crippen LogP contribution in [0.2, 0.25) is 0 Å². The zero-order chi connectivity index (χ0) is 8.48. The van der Waals surface area contributed by atoms with Crippen LogP contribution in [0.5, 0.6) is 0 Å². The Bertz CT molecular complexity index is 234. The first-order valence-corrected chi connectivity index (χ1v) is 3.14. The molecule has 0 saturated heterocycles. The van der Waals surface area contributed by atoms with Crippen LogP contribution in [-0.4, -0.2) is 27.8 Å². The summed E-state index contributed by atoms with van der Waals surface area (Å²) in [5, 5.41) is 18.5. The predicted molar refractivity (Wildman–Crippen MR) is 38.4 cm³/mol. The van der Waals surface area contributed by atoms with Crippen molar-refractivity contribution in [2.75, 3.05) is 0 Å². The quantitative estimate of drug-likeness (QED) is 0.439. The number of hydrogen-bond acceptors (Lipinski definition) is 3. The third-order valence-corrected chi connectivity index (χ3v) is 1.60. The fourth-order valence-electron chi connectivity index (χ4n) is 0.845. The minimum Gasteiger partial charge on any atom is -0.385 e. The molecule has 11 heavy (non-hydrogen) atoms. The Kier molecular flexibility index (Phi) is 1.80. The number of aliphatic hydroxyl groups excluding tert-OH is 1. The zero-order valence-electron chi connectivity index (χ0n) is 5.77.